The van der Waals surface area contributed by atoms with Crippen LogP contribution in [0.3, 0.4) is 0 Å². The number of nitrogens with one attached hydrogen (secondary N) is 1. The van der Waals surface area contributed by atoms with Gasteiger partial charge in [0.25, 0.3) is 0 Å². The van der Waals surface area contributed by atoms with Crippen molar-refractivity contribution in [3.63, 3.8) is 0 Å². The Morgan fingerprint density at radius 3 is 2.50 bits per heavy atom. The third kappa shape index (κ3) is 3.23. The van der Waals surface area contributed by atoms with E-state index in [0.717, 1.165) is 39.3 Å². The molecule has 6 nitrogen and oxygen atoms in total. The molecule has 5 rings (SSSR count). The molecule has 0 radical (unpaired) electrons. The van der Waals surface area contributed by atoms with Gasteiger partial charge in [-0.3, -0.25) is 0 Å². The van der Waals surface area contributed by atoms with E-state index >= 15 is 0 Å². The maximum absolute atomic E-state index is 5.85. The van der Waals surface area contributed by atoms with Crippen LogP contribution in [0.25, 0.3) is 33.9 Å². The fourth-order valence-corrected chi connectivity index (χ4v) is 3.03. The number of nitrogens with zero attached hydrogens (tertiary/aromatic N) is 3. The van der Waals surface area contributed by atoms with E-state index in [1.165, 1.54) is 6.39 Å². The Morgan fingerprint density at radius 2 is 1.71 bits per heavy atom. The zero-order valence-corrected chi connectivity index (χ0v) is 14.9. The quantitative estimate of drug-likeness (QED) is 0.479. The van der Waals surface area contributed by atoms with Crippen molar-refractivity contribution in [3.8, 4) is 28.6 Å². The van der Waals surface area contributed by atoms with Gasteiger partial charge in [0, 0.05) is 11.1 Å². The molecule has 2 heterocycles. The molecule has 0 fully saturated rings. The number of imidazole rings is 1. The molecule has 0 amide bonds. The van der Waals surface area contributed by atoms with E-state index < -0.39 is 0 Å². The molecule has 0 unspecified atom stereocenters. The summed E-state index contributed by atoms with van der Waals surface area (Å²) >= 11 is 0. The highest BCUT2D eigenvalue weighted by Gasteiger charge is 2.09. The van der Waals surface area contributed by atoms with Crippen molar-refractivity contribution in [3.05, 3.63) is 84.8 Å². The summed E-state index contributed by atoms with van der Waals surface area (Å²) in [6.07, 6.45) is 1.32. The number of hydrogen-bond donors (Lipinski definition) is 1. The lowest BCUT2D eigenvalue weighted by Gasteiger charge is -2.06. The number of H-pyrrole nitrogens is 1. The van der Waals surface area contributed by atoms with Crippen molar-refractivity contribution in [2.24, 2.45) is 0 Å². The molecule has 0 aliphatic heterocycles. The van der Waals surface area contributed by atoms with E-state index in [2.05, 4.69) is 20.2 Å². The zero-order chi connectivity index (χ0) is 18.8. The van der Waals surface area contributed by atoms with Crippen LogP contribution in [0.5, 0.6) is 5.75 Å². The van der Waals surface area contributed by atoms with Crippen LogP contribution in [0.4, 0.5) is 0 Å². The Bertz CT molecular complexity index is 1200. The lowest BCUT2D eigenvalue weighted by atomic mass is 10.2. The molecule has 1 N–H and O–H groups in total. The second kappa shape index (κ2) is 7.00. The van der Waals surface area contributed by atoms with Crippen LogP contribution in [0.2, 0.25) is 0 Å². The molecular weight excluding hydrogens is 352 g/mol. The molecular formula is C22H16N4O2. The summed E-state index contributed by atoms with van der Waals surface area (Å²) in [7, 11) is 0. The molecule has 0 atom stereocenters. The highest BCUT2D eigenvalue weighted by Crippen LogP contribution is 2.26. The molecule has 136 valence electrons. The number of ether oxygens (including phenoxy) is 1. The molecule has 3 aromatic carbocycles. The van der Waals surface area contributed by atoms with Crippen molar-refractivity contribution < 1.29 is 9.15 Å². The summed E-state index contributed by atoms with van der Waals surface area (Å²) in [4.78, 5) is 8.02. The third-order valence-electron chi connectivity index (χ3n) is 4.46. The van der Waals surface area contributed by atoms with Gasteiger partial charge in [-0.15, -0.1) is 10.2 Å². The fraction of sp³-hybridized carbons (Fsp3) is 0.0455. The SMILES string of the molecule is c1ccc(COc2ccc(-c3nc4ccc(-c5nnco5)cc4[nH]3)cc2)cc1. The van der Waals surface area contributed by atoms with Gasteiger partial charge in [0.05, 0.1) is 11.0 Å². The third-order valence-corrected chi connectivity index (χ3v) is 4.46. The number of benzene rings is 3. The predicted molar refractivity (Wildman–Crippen MR) is 106 cm³/mol. The van der Waals surface area contributed by atoms with E-state index in [4.69, 9.17) is 9.15 Å². The minimum absolute atomic E-state index is 0.484. The first-order chi connectivity index (χ1) is 13.8. The maximum atomic E-state index is 5.85. The number of aromatic nitrogens is 4. The maximum Gasteiger partial charge on any atom is 0.247 e. The van der Waals surface area contributed by atoms with Crippen LogP contribution in [-0.4, -0.2) is 20.2 Å². The van der Waals surface area contributed by atoms with Crippen molar-refractivity contribution >= 4 is 11.0 Å². The van der Waals surface area contributed by atoms with Crippen molar-refractivity contribution in [1.29, 1.82) is 0 Å². The average Bonchev–Trinajstić information content (AvgIpc) is 3.43. The van der Waals surface area contributed by atoms with Gasteiger partial charge in [-0.2, -0.15) is 0 Å². The highest BCUT2D eigenvalue weighted by molar-refractivity contribution is 5.83. The molecule has 5 aromatic rings. The van der Waals surface area contributed by atoms with Crippen LogP contribution >= 0.6 is 0 Å². The van der Waals surface area contributed by atoms with Crippen LogP contribution in [-0.2, 0) is 6.61 Å². The van der Waals surface area contributed by atoms with Crippen molar-refractivity contribution in [2.45, 2.75) is 6.61 Å². The zero-order valence-electron chi connectivity index (χ0n) is 14.9. The summed E-state index contributed by atoms with van der Waals surface area (Å²) in [5, 5.41) is 7.66. The van der Waals surface area contributed by atoms with E-state index in [0.29, 0.717) is 12.5 Å². The summed E-state index contributed by atoms with van der Waals surface area (Å²) in [6.45, 7) is 0.545. The van der Waals surface area contributed by atoms with Gasteiger partial charge in [0.1, 0.15) is 18.2 Å². The molecule has 6 heteroatoms. The number of fused-ring (bicyclic) bond motifs is 1. The highest BCUT2D eigenvalue weighted by atomic mass is 16.5. The van der Waals surface area contributed by atoms with E-state index in [9.17, 15) is 0 Å². The Labute approximate surface area is 160 Å². The van der Waals surface area contributed by atoms with Gasteiger partial charge in [-0.05, 0) is 48.0 Å². The van der Waals surface area contributed by atoms with Gasteiger partial charge in [0.15, 0.2) is 0 Å². The van der Waals surface area contributed by atoms with Crippen molar-refractivity contribution in [2.75, 3.05) is 0 Å². The topological polar surface area (TPSA) is 76.8 Å². The monoisotopic (exact) mass is 368 g/mol. The normalized spacial score (nSPS) is 11.0. The summed E-state index contributed by atoms with van der Waals surface area (Å²) in [5.74, 6) is 2.10. The minimum Gasteiger partial charge on any atom is -0.489 e. The average molecular weight is 368 g/mol. The first kappa shape index (κ1) is 16.3. The van der Waals surface area contributed by atoms with E-state index in [1.54, 1.807) is 0 Å². The van der Waals surface area contributed by atoms with Gasteiger partial charge in [-0.25, -0.2) is 4.98 Å². The molecule has 0 bridgehead atoms. The molecule has 0 aliphatic rings. The minimum atomic E-state index is 0.484. The summed E-state index contributed by atoms with van der Waals surface area (Å²) in [5.41, 5.74) is 4.77. The molecule has 2 aromatic heterocycles. The van der Waals surface area contributed by atoms with Crippen LogP contribution in [0.15, 0.2) is 83.6 Å². The number of hydrogen-bond acceptors (Lipinski definition) is 5. The summed E-state index contributed by atoms with van der Waals surface area (Å²) in [6, 6.07) is 23.8. The smallest absolute Gasteiger partial charge is 0.247 e. The standard InChI is InChI=1S/C22H16N4O2/c1-2-4-15(5-3-1)13-27-18-9-6-16(7-10-18)21-24-19-11-8-17(12-20(19)25-21)22-26-23-14-28-22/h1-12,14H,13H2,(H,24,25). The summed E-state index contributed by atoms with van der Waals surface area (Å²) < 4.78 is 11.1. The molecule has 0 saturated heterocycles. The Balaban J connectivity index is 1.36. The molecule has 0 spiro atoms. The molecule has 0 saturated carbocycles. The van der Waals surface area contributed by atoms with Crippen LogP contribution in [0.1, 0.15) is 5.56 Å². The largest absolute Gasteiger partial charge is 0.489 e. The predicted octanol–water partition coefficient (Wildman–Crippen LogP) is 4.86. The van der Waals surface area contributed by atoms with Gasteiger partial charge in [0.2, 0.25) is 12.3 Å². The van der Waals surface area contributed by atoms with Crippen LogP contribution < -0.4 is 4.74 Å². The van der Waals surface area contributed by atoms with Crippen LogP contribution in [0, 0.1) is 0 Å². The van der Waals surface area contributed by atoms with Gasteiger partial charge in [-0.1, -0.05) is 30.3 Å². The molecule has 0 aliphatic carbocycles. The Morgan fingerprint density at radius 1 is 0.893 bits per heavy atom. The lowest BCUT2D eigenvalue weighted by Crippen LogP contribution is -1.94. The second-order valence-electron chi connectivity index (χ2n) is 6.36. The second-order valence-corrected chi connectivity index (χ2v) is 6.36. The Kier molecular flexibility index (Phi) is 4.06. The number of rotatable bonds is 5. The lowest BCUT2D eigenvalue weighted by molar-refractivity contribution is 0.306. The first-order valence-electron chi connectivity index (χ1n) is 8.89. The van der Waals surface area contributed by atoms with E-state index in [1.807, 2.05) is 72.8 Å². The first-order valence-corrected chi connectivity index (χ1v) is 8.89. The van der Waals surface area contributed by atoms with Gasteiger partial charge >= 0.3 is 0 Å². The molecule has 28 heavy (non-hydrogen) atoms. The fourth-order valence-electron chi connectivity index (χ4n) is 3.03. The van der Waals surface area contributed by atoms with Gasteiger partial charge < -0.3 is 14.1 Å². The number of aromatic amines is 1. The van der Waals surface area contributed by atoms with Crippen molar-refractivity contribution in [1.82, 2.24) is 20.2 Å². The Hall–Kier alpha value is -3.93. The van der Waals surface area contributed by atoms with E-state index in [-0.39, 0.29) is 0 Å².